The van der Waals surface area contributed by atoms with E-state index in [-0.39, 0.29) is 18.2 Å². The van der Waals surface area contributed by atoms with Crippen molar-refractivity contribution in [2.75, 3.05) is 40.6 Å². The van der Waals surface area contributed by atoms with Crippen molar-refractivity contribution < 1.29 is 18.9 Å². The molecule has 1 fully saturated rings. The molecule has 0 radical (unpaired) electrons. The van der Waals surface area contributed by atoms with Crippen LogP contribution in [-0.2, 0) is 18.9 Å². The number of methoxy groups -OCH3 is 2. The molecular weight excluding hydrogens is 198 g/mol. The highest BCUT2D eigenvalue weighted by atomic mass is 16.6. The first kappa shape index (κ1) is 12.9. The highest BCUT2D eigenvalue weighted by Gasteiger charge is 2.40. The number of hydrogen-bond acceptors (Lipinski definition) is 5. The second-order valence-corrected chi connectivity index (χ2v) is 3.63. The van der Waals surface area contributed by atoms with Crippen molar-refractivity contribution in [1.29, 1.82) is 0 Å². The topological polar surface area (TPSA) is 62.9 Å². The van der Waals surface area contributed by atoms with Crippen LogP contribution >= 0.6 is 0 Å². The smallest absolute Gasteiger partial charge is 0.0989 e. The molecule has 0 saturated heterocycles. The van der Waals surface area contributed by atoms with Gasteiger partial charge in [-0.1, -0.05) is 0 Å². The molecule has 0 aromatic rings. The molecule has 0 aromatic carbocycles. The second-order valence-electron chi connectivity index (χ2n) is 3.63. The summed E-state index contributed by atoms with van der Waals surface area (Å²) < 4.78 is 20.9. The van der Waals surface area contributed by atoms with E-state index in [2.05, 4.69) is 0 Å². The third-order valence-corrected chi connectivity index (χ3v) is 2.51. The maximum Gasteiger partial charge on any atom is 0.0989 e. The third kappa shape index (κ3) is 4.04. The summed E-state index contributed by atoms with van der Waals surface area (Å²) in [5.74, 6) is 0. The molecule has 5 heteroatoms. The van der Waals surface area contributed by atoms with Crippen LogP contribution in [0.4, 0.5) is 0 Å². The normalized spacial score (nSPS) is 30.2. The number of rotatable bonds is 8. The van der Waals surface area contributed by atoms with Crippen LogP contribution in [-0.4, -0.2) is 58.9 Å². The molecule has 0 aliphatic heterocycles. The molecule has 2 N–H and O–H groups in total. The van der Waals surface area contributed by atoms with E-state index < -0.39 is 0 Å². The zero-order chi connectivity index (χ0) is 11.1. The highest BCUT2D eigenvalue weighted by Crippen LogP contribution is 2.25. The van der Waals surface area contributed by atoms with Gasteiger partial charge in [-0.3, -0.25) is 0 Å². The monoisotopic (exact) mass is 219 g/mol. The van der Waals surface area contributed by atoms with Crippen molar-refractivity contribution in [1.82, 2.24) is 0 Å². The Morgan fingerprint density at radius 1 is 1.00 bits per heavy atom. The largest absolute Gasteiger partial charge is 0.382 e. The summed E-state index contributed by atoms with van der Waals surface area (Å²) in [6.07, 6.45) is 0.991. The lowest BCUT2D eigenvalue weighted by molar-refractivity contribution is -0.149. The highest BCUT2D eigenvalue weighted by molar-refractivity contribution is 4.95. The Hall–Kier alpha value is -0.200. The van der Waals surface area contributed by atoms with Crippen LogP contribution in [0.25, 0.3) is 0 Å². The minimum atomic E-state index is 0.0111. The maximum absolute atomic E-state index is 5.82. The van der Waals surface area contributed by atoms with E-state index in [1.165, 1.54) is 0 Å². The predicted octanol–water partition coefficient (Wildman–Crippen LogP) is -0.219. The molecule has 1 aliphatic rings. The van der Waals surface area contributed by atoms with Crippen molar-refractivity contribution in [2.24, 2.45) is 5.73 Å². The molecule has 1 rings (SSSR count). The van der Waals surface area contributed by atoms with Gasteiger partial charge in [-0.2, -0.15) is 0 Å². The van der Waals surface area contributed by atoms with E-state index >= 15 is 0 Å². The fraction of sp³-hybridized carbons (Fsp3) is 1.00. The van der Waals surface area contributed by atoms with Gasteiger partial charge in [0.2, 0.25) is 0 Å². The first-order valence-electron chi connectivity index (χ1n) is 5.26. The average Bonchev–Trinajstić information content (AvgIpc) is 2.23. The second kappa shape index (κ2) is 7.14. The Bertz CT molecular complexity index is 168. The molecule has 0 bridgehead atoms. The zero-order valence-corrected chi connectivity index (χ0v) is 9.48. The van der Waals surface area contributed by atoms with E-state index in [4.69, 9.17) is 24.7 Å². The van der Waals surface area contributed by atoms with E-state index in [0.717, 1.165) is 6.42 Å². The van der Waals surface area contributed by atoms with Gasteiger partial charge in [0.05, 0.1) is 38.6 Å². The Morgan fingerprint density at radius 2 is 1.60 bits per heavy atom. The first-order valence-corrected chi connectivity index (χ1v) is 5.26. The van der Waals surface area contributed by atoms with E-state index in [1.54, 1.807) is 14.2 Å². The van der Waals surface area contributed by atoms with Crippen LogP contribution in [0, 0.1) is 0 Å². The molecule has 0 heterocycles. The lowest BCUT2D eigenvalue weighted by Crippen LogP contribution is -2.58. The molecule has 5 nitrogen and oxygen atoms in total. The van der Waals surface area contributed by atoms with Crippen LogP contribution in [0.2, 0.25) is 0 Å². The minimum absolute atomic E-state index is 0.0111. The van der Waals surface area contributed by atoms with E-state index in [0.29, 0.717) is 26.4 Å². The summed E-state index contributed by atoms with van der Waals surface area (Å²) in [5, 5.41) is 0. The average molecular weight is 219 g/mol. The fourth-order valence-electron chi connectivity index (χ4n) is 1.56. The van der Waals surface area contributed by atoms with E-state index in [9.17, 15) is 0 Å². The molecule has 3 atom stereocenters. The Kier molecular flexibility index (Phi) is 6.12. The lowest BCUT2D eigenvalue weighted by Gasteiger charge is -2.41. The van der Waals surface area contributed by atoms with Gasteiger partial charge in [-0.25, -0.2) is 0 Å². The Labute approximate surface area is 90.8 Å². The molecule has 15 heavy (non-hydrogen) atoms. The van der Waals surface area contributed by atoms with Crippen molar-refractivity contribution in [3.05, 3.63) is 0 Å². The van der Waals surface area contributed by atoms with Crippen LogP contribution in [0.15, 0.2) is 0 Å². The van der Waals surface area contributed by atoms with Crippen LogP contribution < -0.4 is 5.73 Å². The van der Waals surface area contributed by atoms with Gasteiger partial charge in [-0.05, 0) is 6.42 Å². The first-order chi connectivity index (χ1) is 7.29. The fourth-order valence-corrected chi connectivity index (χ4v) is 1.56. The molecule has 1 saturated carbocycles. The van der Waals surface area contributed by atoms with Crippen molar-refractivity contribution in [3.8, 4) is 0 Å². The molecule has 90 valence electrons. The van der Waals surface area contributed by atoms with Crippen molar-refractivity contribution in [2.45, 2.75) is 24.7 Å². The van der Waals surface area contributed by atoms with Gasteiger partial charge in [0.25, 0.3) is 0 Å². The molecule has 1 aliphatic carbocycles. The Morgan fingerprint density at radius 3 is 2.13 bits per heavy atom. The van der Waals surface area contributed by atoms with Crippen LogP contribution in [0.1, 0.15) is 6.42 Å². The summed E-state index contributed by atoms with van der Waals surface area (Å²) in [6.45, 7) is 2.36. The van der Waals surface area contributed by atoms with Gasteiger partial charge in [0.1, 0.15) is 0 Å². The summed E-state index contributed by atoms with van der Waals surface area (Å²) in [5.41, 5.74) is 5.82. The van der Waals surface area contributed by atoms with Gasteiger partial charge in [-0.15, -0.1) is 0 Å². The van der Waals surface area contributed by atoms with Gasteiger partial charge in [0, 0.05) is 20.3 Å². The summed E-state index contributed by atoms with van der Waals surface area (Å²) in [7, 11) is 3.30. The van der Waals surface area contributed by atoms with Crippen molar-refractivity contribution >= 4 is 0 Å². The summed E-state index contributed by atoms with van der Waals surface area (Å²) in [6, 6.07) is 0.0920. The quantitative estimate of drug-likeness (QED) is 0.572. The predicted molar refractivity (Wildman–Crippen MR) is 55.8 cm³/mol. The standard InChI is InChI=1S/C10H21NO4/c1-12-3-5-14-9-7-8(11)10(9)15-6-4-13-2/h8-10H,3-7,11H2,1-2H3. The summed E-state index contributed by atoms with van der Waals surface area (Å²) >= 11 is 0. The molecule has 0 aromatic heterocycles. The van der Waals surface area contributed by atoms with Gasteiger partial charge < -0.3 is 24.7 Å². The van der Waals surface area contributed by atoms with Crippen LogP contribution in [0.5, 0.6) is 0 Å². The number of hydrogen-bond donors (Lipinski definition) is 1. The number of nitrogens with two attached hydrogens (primary N) is 1. The Balaban J connectivity index is 2.10. The minimum Gasteiger partial charge on any atom is -0.382 e. The van der Waals surface area contributed by atoms with Gasteiger partial charge in [0.15, 0.2) is 0 Å². The van der Waals surface area contributed by atoms with Gasteiger partial charge >= 0.3 is 0 Å². The molecule has 3 unspecified atom stereocenters. The van der Waals surface area contributed by atoms with E-state index in [1.807, 2.05) is 0 Å². The lowest BCUT2D eigenvalue weighted by atomic mass is 9.86. The third-order valence-electron chi connectivity index (χ3n) is 2.51. The molecule has 0 spiro atoms. The molecule has 0 amide bonds. The SMILES string of the molecule is COCCOC1CC(N)C1OCCOC. The summed E-state index contributed by atoms with van der Waals surface area (Å²) in [4.78, 5) is 0. The molecular formula is C10H21NO4. The number of ether oxygens (including phenoxy) is 4. The zero-order valence-electron chi connectivity index (χ0n) is 9.48. The maximum atomic E-state index is 5.82. The van der Waals surface area contributed by atoms with Crippen LogP contribution in [0.3, 0.4) is 0 Å². The van der Waals surface area contributed by atoms with Crippen molar-refractivity contribution in [3.63, 3.8) is 0 Å².